The molecule has 0 fully saturated rings. The predicted octanol–water partition coefficient (Wildman–Crippen LogP) is 3.65. The highest BCUT2D eigenvalue weighted by atomic mass is 35.5. The minimum Gasteiger partial charge on any atom is -0.382 e. The third kappa shape index (κ3) is 5.10. The lowest BCUT2D eigenvalue weighted by Crippen LogP contribution is -2.06. The van der Waals surface area contributed by atoms with Gasteiger partial charge in [0.2, 0.25) is 5.95 Å². The number of aromatic nitrogens is 4. The first kappa shape index (κ1) is 22.3. The normalized spacial score (nSPS) is 9.77. The van der Waals surface area contributed by atoms with Crippen LogP contribution in [-0.4, -0.2) is 19.9 Å². The zero-order valence-electron chi connectivity index (χ0n) is 16.4. The molecule has 0 aliphatic heterocycles. The molecule has 0 saturated carbocycles. The van der Waals surface area contributed by atoms with Crippen LogP contribution in [0.4, 0.5) is 17.6 Å². The highest BCUT2D eigenvalue weighted by Gasteiger charge is 2.13. The minimum atomic E-state index is -0.0287. The molecule has 0 amide bonds. The standard InChI is InChI=1S/C16H15ClN2.C5H6N6/c1-4-12-10-13(5-2)16(19-15(12)11(3)17)14-8-6-7-9-18-14;6-1-2-3(7)10-5(9)11-4(2)8/h4,6-10H,1,3,5H2,2H3;(H6,7,8,9,10,11). The third-order valence-corrected chi connectivity index (χ3v) is 4.17. The molecule has 3 aromatic rings. The van der Waals surface area contributed by atoms with Crippen molar-refractivity contribution in [3.05, 3.63) is 66.0 Å². The number of aryl methyl sites for hydroxylation is 1. The molecular formula is C21H21ClN8. The molecule has 9 heteroatoms. The van der Waals surface area contributed by atoms with Crippen molar-refractivity contribution in [3.8, 4) is 17.5 Å². The van der Waals surface area contributed by atoms with Crippen molar-refractivity contribution < 1.29 is 0 Å². The van der Waals surface area contributed by atoms with Crippen molar-refractivity contribution in [2.24, 2.45) is 0 Å². The van der Waals surface area contributed by atoms with Crippen molar-refractivity contribution in [2.75, 3.05) is 17.2 Å². The molecule has 0 radical (unpaired) electrons. The Hall–Kier alpha value is -3.96. The van der Waals surface area contributed by atoms with E-state index in [1.54, 1.807) is 18.3 Å². The first-order valence-electron chi connectivity index (χ1n) is 8.83. The molecule has 3 heterocycles. The van der Waals surface area contributed by atoms with E-state index in [2.05, 4.69) is 40.0 Å². The van der Waals surface area contributed by atoms with Crippen LogP contribution in [0.15, 0.2) is 43.6 Å². The van der Waals surface area contributed by atoms with Crippen LogP contribution in [0.25, 0.3) is 22.5 Å². The third-order valence-electron chi connectivity index (χ3n) is 3.99. The van der Waals surface area contributed by atoms with Gasteiger partial charge in [0.1, 0.15) is 23.3 Å². The molecule has 0 atom stereocenters. The second-order valence-corrected chi connectivity index (χ2v) is 6.41. The zero-order chi connectivity index (χ0) is 22.3. The van der Waals surface area contributed by atoms with Crippen molar-refractivity contribution in [1.29, 1.82) is 5.26 Å². The van der Waals surface area contributed by atoms with E-state index in [-0.39, 0.29) is 23.1 Å². The zero-order valence-corrected chi connectivity index (χ0v) is 17.2. The van der Waals surface area contributed by atoms with Crippen LogP contribution in [-0.2, 0) is 6.42 Å². The number of rotatable bonds is 4. The van der Waals surface area contributed by atoms with Gasteiger partial charge in [-0.2, -0.15) is 15.2 Å². The monoisotopic (exact) mass is 420 g/mol. The molecule has 3 rings (SSSR count). The Balaban J connectivity index is 0.000000248. The van der Waals surface area contributed by atoms with Crippen LogP contribution < -0.4 is 17.2 Å². The topological polar surface area (TPSA) is 153 Å². The van der Waals surface area contributed by atoms with Gasteiger partial charge in [-0.05, 0) is 30.2 Å². The van der Waals surface area contributed by atoms with Crippen molar-refractivity contribution in [3.63, 3.8) is 0 Å². The van der Waals surface area contributed by atoms with E-state index in [9.17, 15) is 0 Å². The number of nitrogens with zero attached hydrogens (tertiary/aromatic N) is 5. The summed E-state index contributed by atoms with van der Waals surface area (Å²) in [5, 5.41) is 8.87. The molecule has 0 saturated heterocycles. The van der Waals surface area contributed by atoms with Crippen LogP contribution in [0.3, 0.4) is 0 Å². The molecule has 8 nitrogen and oxygen atoms in total. The van der Waals surface area contributed by atoms with E-state index in [0.717, 1.165) is 28.9 Å². The van der Waals surface area contributed by atoms with Gasteiger partial charge in [0.25, 0.3) is 0 Å². The molecule has 0 spiro atoms. The van der Waals surface area contributed by atoms with Crippen molar-refractivity contribution >= 4 is 40.3 Å². The largest absolute Gasteiger partial charge is 0.382 e. The van der Waals surface area contributed by atoms with Crippen LogP contribution in [0, 0.1) is 11.3 Å². The van der Waals surface area contributed by atoms with Crippen LogP contribution in [0.1, 0.15) is 29.3 Å². The molecule has 0 unspecified atom stereocenters. The average Bonchev–Trinajstić information content (AvgIpc) is 2.73. The van der Waals surface area contributed by atoms with E-state index in [1.165, 1.54) is 0 Å². The van der Waals surface area contributed by atoms with Crippen LogP contribution in [0.5, 0.6) is 0 Å². The molecule has 0 aromatic carbocycles. The maximum atomic E-state index is 8.46. The van der Waals surface area contributed by atoms with E-state index in [0.29, 0.717) is 10.7 Å². The van der Waals surface area contributed by atoms with Gasteiger partial charge in [0, 0.05) is 11.8 Å². The molecule has 152 valence electrons. The van der Waals surface area contributed by atoms with Gasteiger partial charge >= 0.3 is 0 Å². The summed E-state index contributed by atoms with van der Waals surface area (Å²) in [4.78, 5) is 16.1. The Kier molecular flexibility index (Phi) is 7.44. The molecule has 3 aromatic heterocycles. The second kappa shape index (κ2) is 10.0. The summed E-state index contributed by atoms with van der Waals surface area (Å²) < 4.78 is 0. The molecule has 0 bridgehead atoms. The lowest BCUT2D eigenvalue weighted by molar-refractivity contribution is 1.09. The lowest BCUT2D eigenvalue weighted by atomic mass is 10.0. The Labute approximate surface area is 179 Å². The minimum absolute atomic E-state index is 0.0116. The fraction of sp³-hybridized carbons (Fsp3) is 0.0952. The summed E-state index contributed by atoms with van der Waals surface area (Å²) in [6, 6.07) is 9.58. The van der Waals surface area contributed by atoms with Crippen LogP contribution in [0.2, 0.25) is 0 Å². The van der Waals surface area contributed by atoms with Crippen molar-refractivity contribution in [2.45, 2.75) is 13.3 Å². The first-order valence-corrected chi connectivity index (χ1v) is 9.21. The predicted molar refractivity (Wildman–Crippen MR) is 122 cm³/mol. The summed E-state index contributed by atoms with van der Waals surface area (Å²) in [6.45, 7) is 9.64. The number of hydrogen-bond donors (Lipinski definition) is 3. The Morgan fingerprint density at radius 1 is 1.20 bits per heavy atom. The van der Waals surface area contributed by atoms with E-state index >= 15 is 0 Å². The first-order chi connectivity index (χ1) is 14.3. The Bertz CT molecular complexity index is 1100. The van der Waals surface area contributed by atoms with Gasteiger partial charge in [-0.1, -0.05) is 43.8 Å². The molecule has 0 aliphatic carbocycles. The molecule has 6 N–H and O–H groups in total. The van der Waals surface area contributed by atoms with E-state index in [1.807, 2.05) is 24.3 Å². The van der Waals surface area contributed by atoms with Gasteiger partial charge in [-0.25, -0.2) is 4.98 Å². The highest BCUT2D eigenvalue weighted by molar-refractivity contribution is 6.48. The summed E-state index contributed by atoms with van der Waals surface area (Å²) in [5.41, 5.74) is 20.2. The van der Waals surface area contributed by atoms with E-state index in [4.69, 9.17) is 34.1 Å². The Morgan fingerprint density at radius 3 is 2.33 bits per heavy atom. The number of anilines is 3. The fourth-order valence-corrected chi connectivity index (χ4v) is 2.72. The number of nitrogen functional groups attached to an aromatic ring is 3. The summed E-state index contributed by atoms with van der Waals surface area (Å²) in [7, 11) is 0. The number of nitrogens with two attached hydrogens (primary N) is 3. The lowest BCUT2D eigenvalue weighted by Gasteiger charge is -2.11. The summed E-state index contributed by atoms with van der Waals surface area (Å²) in [6.07, 6.45) is 4.37. The van der Waals surface area contributed by atoms with Gasteiger partial charge in [-0.15, -0.1) is 0 Å². The van der Waals surface area contributed by atoms with Gasteiger partial charge in [0.15, 0.2) is 0 Å². The number of pyridine rings is 2. The number of hydrogen-bond acceptors (Lipinski definition) is 8. The van der Waals surface area contributed by atoms with Crippen molar-refractivity contribution in [1.82, 2.24) is 19.9 Å². The fourth-order valence-electron chi connectivity index (χ4n) is 2.57. The van der Waals surface area contributed by atoms with Gasteiger partial charge in [-0.3, -0.25) is 4.98 Å². The molecule has 30 heavy (non-hydrogen) atoms. The number of halogens is 1. The van der Waals surface area contributed by atoms with E-state index < -0.39 is 0 Å². The average molecular weight is 421 g/mol. The highest BCUT2D eigenvalue weighted by Crippen LogP contribution is 2.28. The quantitative estimate of drug-likeness (QED) is 0.577. The van der Waals surface area contributed by atoms with Crippen LogP contribution >= 0.6 is 11.6 Å². The second-order valence-electron chi connectivity index (χ2n) is 5.95. The Morgan fingerprint density at radius 2 is 1.87 bits per heavy atom. The molecular weight excluding hydrogens is 400 g/mol. The maximum Gasteiger partial charge on any atom is 0.224 e. The maximum absolute atomic E-state index is 8.46. The SMILES string of the molecule is C=Cc1cc(CC)c(-c2ccccn2)nc1C(=C)Cl.N#Cc1c(N)nc(N)nc1N. The van der Waals surface area contributed by atoms with Gasteiger partial charge in [0.05, 0.1) is 22.1 Å². The summed E-state index contributed by atoms with van der Waals surface area (Å²) >= 11 is 6.02. The number of nitriles is 1. The smallest absolute Gasteiger partial charge is 0.224 e. The summed E-state index contributed by atoms with van der Waals surface area (Å²) in [5.74, 6) is -0.00556. The molecule has 0 aliphatic rings. The van der Waals surface area contributed by atoms with Gasteiger partial charge < -0.3 is 17.2 Å².